The normalized spacial score (nSPS) is 14.7. The number of benzene rings is 3. The van der Waals surface area contributed by atoms with Crippen LogP contribution in [0, 0.1) is 29.9 Å². The number of allylic oxidation sites excluding steroid dienone is 3. The minimum atomic E-state index is -1.59. The molecule has 0 N–H and O–H groups in total. The van der Waals surface area contributed by atoms with Crippen LogP contribution in [0.25, 0.3) is 0 Å². The van der Waals surface area contributed by atoms with E-state index in [0.29, 0.717) is 17.2 Å². The molecule has 12 heteroatoms. The third-order valence-electron chi connectivity index (χ3n) is 5.89. The van der Waals surface area contributed by atoms with E-state index in [1.807, 2.05) is 110 Å². The molecule has 0 spiro atoms. The minimum Gasteiger partial charge on any atom is -0.409 e. The number of ketones is 1. The summed E-state index contributed by atoms with van der Waals surface area (Å²) in [7, 11) is 0.00476. The molecule has 0 saturated heterocycles. The third kappa shape index (κ3) is 14.9. The van der Waals surface area contributed by atoms with Gasteiger partial charge in [0.1, 0.15) is 34.7 Å². The van der Waals surface area contributed by atoms with Crippen molar-refractivity contribution in [3.8, 4) is 17.2 Å². The van der Waals surface area contributed by atoms with Crippen molar-refractivity contribution in [2.24, 2.45) is 17.8 Å². The zero-order valence-corrected chi connectivity index (χ0v) is 27.4. The molecule has 10 nitrogen and oxygen atoms in total. The Labute approximate surface area is 275 Å². The fourth-order valence-corrected chi connectivity index (χ4v) is 4.94. The van der Waals surface area contributed by atoms with Crippen LogP contribution in [0.1, 0.15) is 20.8 Å². The number of nitrogens with zero attached hydrogens (tertiary/aromatic N) is 1. The molecule has 45 heavy (non-hydrogen) atoms. The molecule has 0 heterocycles. The molecule has 237 valence electrons. The number of hydrogen-bond acceptors (Lipinski definition) is 8. The SMILES string of the molecule is CCOC(=O)C(C(C)=O)[C@H]1C=CC(OC)=C[C@H]1C.N#[O+].[C-]#[O+].[Mn].c1ccc(OP(Oc2ccccc2)Oc2ccccc2)cc1. The number of carbonyl (C=O) groups excluding carboxylic acids is 2. The van der Waals surface area contributed by atoms with E-state index in [1.54, 1.807) is 20.1 Å². The Balaban J connectivity index is 0.000000773. The average molecular weight is 676 g/mol. The van der Waals surface area contributed by atoms with Crippen molar-refractivity contribution in [3.05, 3.63) is 122 Å². The van der Waals surface area contributed by atoms with E-state index in [9.17, 15) is 9.59 Å². The van der Waals surface area contributed by atoms with Crippen molar-refractivity contribution in [2.45, 2.75) is 20.8 Å². The Hall–Kier alpha value is -4.16. The number of rotatable bonds is 11. The van der Waals surface area contributed by atoms with E-state index in [2.05, 4.69) is 6.65 Å². The number of methoxy groups -OCH3 is 1. The van der Waals surface area contributed by atoms with Gasteiger partial charge in [0.05, 0.1) is 13.7 Å². The van der Waals surface area contributed by atoms with Gasteiger partial charge < -0.3 is 23.0 Å². The van der Waals surface area contributed by atoms with E-state index in [0.717, 1.165) is 5.76 Å². The zero-order valence-electron chi connectivity index (χ0n) is 25.3. The van der Waals surface area contributed by atoms with Gasteiger partial charge in [0.25, 0.3) is 0 Å². The van der Waals surface area contributed by atoms with Crippen LogP contribution in [0.4, 0.5) is 0 Å². The molecule has 0 aromatic heterocycles. The summed E-state index contributed by atoms with van der Waals surface area (Å²) in [5.41, 5.74) is 5.75. The molecule has 1 aliphatic carbocycles. The standard InChI is InChI=1S/C18H15O3P.C14H20O4.CO.Mn.NO/c1-4-10-16(11-5-1)19-22(20-17-12-6-2-7-13-17)21-18-14-8-3-9-15-18;1-5-18-14(16)13(10(3)15)12-7-6-11(17-4)8-9(12)2;1-2;;1-2/h1-15H;6-9,12-13H,5H2,1-4H3;;;/q;;;;+1/t;9-,12+,13?;;;/m.1.../s1. The largest absolute Gasteiger partial charge is 0.530 e. The number of hydrogen-bond donors (Lipinski definition) is 0. The topological polar surface area (TPSA) is 144 Å². The van der Waals surface area contributed by atoms with Crippen molar-refractivity contribution in [1.29, 1.82) is 5.46 Å². The van der Waals surface area contributed by atoms with E-state index >= 15 is 0 Å². The van der Waals surface area contributed by atoms with Crippen LogP contribution in [0.2, 0.25) is 0 Å². The molecular weight excluding hydrogens is 640 g/mol. The fourth-order valence-electron chi connectivity index (χ4n) is 3.94. The summed E-state index contributed by atoms with van der Waals surface area (Å²) >= 11 is 0. The Morgan fingerprint density at radius 2 is 1.24 bits per heavy atom. The van der Waals surface area contributed by atoms with Gasteiger partial charge in [-0.3, -0.25) is 9.59 Å². The van der Waals surface area contributed by atoms with Gasteiger partial charge in [0, 0.05) is 23.0 Å². The number of carbonyl (C=O) groups is 2. The predicted octanol–water partition coefficient (Wildman–Crippen LogP) is 7.41. The molecule has 1 unspecified atom stereocenters. The van der Waals surface area contributed by atoms with Crippen molar-refractivity contribution in [3.63, 3.8) is 0 Å². The number of Topliss-reactive ketones (excluding diaryl/α,β-unsaturated/α-hetero) is 1. The maximum Gasteiger partial charge on any atom is 0.530 e. The van der Waals surface area contributed by atoms with E-state index in [4.69, 9.17) is 37.9 Å². The van der Waals surface area contributed by atoms with Gasteiger partial charge in [-0.05, 0) is 68.3 Å². The Bertz CT molecular complexity index is 1250. The molecule has 1 radical (unpaired) electrons. The van der Waals surface area contributed by atoms with Gasteiger partial charge >= 0.3 is 36.1 Å². The number of para-hydroxylation sites is 3. The Kier molecular flexibility index (Phi) is 22.0. The van der Waals surface area contributed by atoms with Crippen LogP contribution in [0.15, 0.2) is 115 Å². The Morgan fingerprint density at radius 3 is 1.56 bits per heavy atom. The molecule has 4 rings (SSSR count). The molecule has 0 saturated carbocycles. The van der Waals surface area contributed by atoms with E-state index in [-0.39, 0.29) is 41.3 Å². The zero-order chi connectivity index (χ0) is 32.7. The first kappa shape index (κ1) is 40.8. The second-order valence-corrected chi connectivity index (χ2v) is 9.84. The maximum absolute atomic E-state index is 11.9. The van der Waals surface area contributed by atoms with Crippen LogP contribution < -0.4 is 13.6 Å². The molecule has 0 bridgehead atoms. The van der Waals surface area contributed by atoms with Crippen LogP contribution in [0.5, 0.6) is 17.2 Å². The molecular formula is C33H35MnNO9P+. The molecule has 0 aliphatic heterocycles. The average Bonchev–Trinajstić information content (AvgIpc) is 3.05. The maximum atomic E-state index is 11.9. The summed E-state index contributed by atoms with van der Waals surface area (Å²) in [6, 6.07) is 28.5. The number of ether oxygens (including phenoxy) is 2. The van der Waals surface area contributed by atoms with Crippen molar-refractivity contribution >= 4 is 20.4 Å². The van der Waals surface area contributed by atoms with E-state index < -0.39 is 20.5 Å². The molecule has 0 fully saturated rings. The van der Waals surface area contributed by atoms with Gasteiger partial charge in [0.2, 0.25) is 0 Å². The first-order chi connectivity index (χ1) is 21.4. The van der Waals surface area contributed by atoms with Crippen LogP contribution in [0.3, 0.4) is 0 Å². The molecule has 3 atom stereocenters. The monoisotopic (exact) mass is 675 g/mol. The van der Waals surface area contributed by atoms with Crippen molar-refractivity contribution in [2.75, 3.05) is 13.7 Å². The summed E-state index contributed by atoms with van der Waals surface area (Å²) in [6.45, 7) is 9.91. The molecule has 3 aromatic rings. The summed E-state index contributed by atoms with van der Waals surface area (Å²) in [4.78, 5) is 23.5. The smallest absolute Gasteiger partial charge is 0.409 e. The predicted molar refractivity (Wildman–Crippen MR) is 162 cm³/mol. The number of esters is 1. The molecule has 3 aromatic carbocycles. The van der Waals surface area contributed by atoms with Gasteiger partial charge in [-0.15, -0.1) is 0 Å². The quantitative estimate of drug-likeness (QED) is 0.0510. The second kappa shape index (κ2) is 24.2. The molecule has 0 amide bonds. The van der Waals surface area contributed by atoms with Crippen LogP contribution in [-0.4, -0.2) is 25.5 Å². The summed E-state index contributed by atoms with van der Waals surface area (Å²) in [5.74, 6) is 1.44. The minimum absolute atomic E-state index is 0. The van der Waals surface area contributed by atoms with Gasteiger partial charge in [0.15, 0.2) is 0 Å². The summed E-state index contributed by atoms with van der Waals surface area (Å²) < 4.78 is 42.4. The summed E-state index contributed by atoms with van der Waals surface area (Å²) in [5, 5.41) is 0. The first-order valence-corrected chi connectivity index (χ1v) is 14.5. The van der Waals surface area contributed by atoms with E-state index in [1.165, 1.54) is 6.92 Å². The van der Waals surface area contributed by atoms with Crippen molar-refractivity contribution in [1.82, 2.24) is 0 Å². The Morgan fingerprint density at radius 1 is 0.844 bits per heavy atom. The first-order valence-electron chi connectivity index (χ1n) is 13.4. The van der Waals surface area contributed by atoms with Crippen molar-refractivity contribution < 1.29 is 59.1 Å². The van der Waals surface area contributed by atoms with Crippen LogP contribution >= 0.6 is 8.60 Å². The van der Waals surface area contributed by atoms with Crippen LogP contribution in [-0.2, 0) is 45.6 Å². The van der Waals surface area contributed by atoms with Gasteiger partial charge in [-0.25, -0.2) is 0 Å². The van der Waals surface area contributed by atoms with Gasteiger partial charge in [-0.1, -0.05) is 67.6 Å². The molecule has 1 aliphatic rings. The second-order valence-electron chi connectivity index (χ2n) is 8.85. The fraction of sp³-hybridized carbons (Fsp3) is 0.242. The summed E-state index contributed by atoms with van der Waals surface area (Å²) in [6.07, 6.45) is 5.56. The van der Waals surface area contributed by atoms with Gasteiger partial charge in [-0.2, -0.15) is 0 Å². The third-order valence-corrected chi connectivity index (χ3v) is 6.97.